The van der Waals surface area contributed by atoms with Crippen LogP contribution in [0.1, 0.15) is 51.0 Å². The summed E-state index contributed by atoms with van der Waals surface area (Å²) >= 11 is 0. The molecule has 3 aliphatic rings. The second-order valence-corrected chi connectivity index (χ2v) is 9.09. The van der Waals surface area contributed by atoms with Crippen molar-refractivity contribution >= 4 is 11.8 Å². The second-order valence-electron chi connectivity index (χ2n) is 9.09. The summed E-state index contributed by atoms with van der Waals surface area (Å²) in [5, 5.41) is 2.83. The van der Waals surface area contributed by atoms with Gasteiger partial charge in [0.15, 0.2) is 11.6 Å². The monoisotopic (exact) mass is 423 g/mol. The number of nitrogens with zero attached hydrogens (tertiary/aromatic N) is 1. The van der Waals surface area contributed by atoms with Gasteiger partial charge in [0, 0.05) is 30.1 Å². The van der Waals surface area contributed by atoms with Gasteiger partial charge >= 0.3 is 0 Å². The van der Waals surface area contributed by atoms with Crippen LogP contribution < -0.4 is 11.1 Å². The molecule has 1 aromatic carbocycles. The third kappa shape index (κ3) is 4.19. The fraction of sp³-hybridized carbons (Fsp3) is 0.636. The van der Waals surface area contributed by atoms with Crippen molar-refractivity contribution in [1.82, 2.24) is 10.2 Å². The molecule has 30 heavy (non-hydrogen) atoms. The lowest BCUT2D eigenvalue weighted by molar-refractivity contribution is -0.140. The minimum absolute atomic E-state index is 0.0439. The molecule has 3 fully saturated rings. The van der Waals surface area contributed by atoms with Crippen LogP contribution in [0.2, 0.25) is 0 Å². The first-order chi connectivity index (χ1) is 14.2. The third-order valence-electron chi connectivity index (χ3n) is 6.85. The Morgan fingerprint density at radius 1 is 1.07 bits per heavy atom. The van der Waals surface area contributed by atoms with E-state index in [4.69, 9.17) is 5.73 Å². The van der Waals surface area contributed by atoms with Gasteiger partial charge in [-0.1, -0.05) is 0 Å². The summed E-state index contributed by atoms with van der Waals surface area (Å²) in [5.41, 5.74) is 6.41. The number of benzene rings is 1. The summed E-state index contributed by atoms with van der Waals surface area (Å²) in [5.74, 6) is -3.07. The van der Waals surface area contributed by atoms with Gasteiger partial charge in [-0.05, 0) is 69.4 Å². The summed E-state index contributed by atoms with van der Waals surface area (Å²) in [6.07, 6.45) is 5.04. The molecular weight excluding hydrogens is 395 g/mol. The molecular formula is C22H28F3N3O2. The number of carbonyl (C=O) groups is 2. The van der Waals surface area contributed by atoms with Gasteiger partial charge in [0.25, 0.3) is 0 Å². The lowest BCUT2D eigenvalue weighted by Crippen LogP contribution is -2.55. The fourth-order valence-corrected chi connectivity index (χ4v) is 5.03. The van der Waals surface area contributed by atoms with Crippen molar-refractivity contribution in [1.29, 1.82) is 0 Å². The van der Waals surface area contributed by atoms with Gasteiger partial charge < -0.3 is 16.0 Å². The summed E-state index contributed by atoms with van der Waals surface area (Å²) in [6.45, 7) is 1.73. The number of piperidine rings is 1. The van der Waals surface area contributed by atoms with E-state index < -0.39 is 29.5 Å². The Morgan fingerprint density at radius 3 is 2.27 bits per heavy atom. The van der Waals surface area contributed by atoms with Crippen molar-refractivity contribution in [2.24, 2.45) is 17.6 Å². The highest BCUT2D eigenvalue weighted by Crippen LogP contribution is 2.40. The number of carbonyl (C=O) groups excluding carboxylic acids is 2. The van der Waals surface area contributed by atoms with E-state index in [0.29, 0.717) is 18.9 Å². The van der Waals surface area contributed by atoms with Crippen LogP contribution in [0.4, 0.5) is 13.2 Å². The van der Waals surface area contributed by atoms with E-state index >= 15 is 0 Å². The Kier molecular flexibility index (Phi) is 5.79. The third-order valence-corrected chi connectivity index (χ3v) is 6.85. The van der Waals surface area contributed by atoms with Crippen molar-refractivity contribution in [3.05, 3.63) is 35.1 Å². The molecule has 2 heterocycles. The largest absolute Gasteiger partial charge is 0.344 e. The van der Waals surface area contributed by atoms with Crippen LogP contribution in [0, 0.1) is 29.3 Å². The minimum Gasteiger partial charge on any atom is -0.344 e. The molecule has 1 saturated carbocycles. The number of nitrogens with one attached hydrogen (secondary N) is 1. The predicted molar refractivity (Wildman–Crippen MR) is 105 cm³/mol. The van der Waals surface area contributed by atoms with Crippen molar-refractivity contribution in [3.63, 3.8) is 0 Å². The van der Waals surface area contributed by atoms with E-state index in [1.54, 1.807) is 6.92 Å². The van der Waals surface area contributed by atoms with Gasteiger partial charge in [-0.2, -0.15) is 0 Å². The van der Waals surface area contributed by atoms with Crippen LogP contribution >= 0.6 is 0 Å². The molecule has 164 valence electrons. The highest BCUT2D eigenvalue weighted by molar-refractivity contribution is 5.89. The number of amides is 2. The van der Waals surface area contributed by atoms with Crippen LogP contribution in [0.25, 0.3) is 0 Å². The number of fused-ring (bicyclic) bond motifs is 2. The van der Waals surface area contributed by atoms with E-state index in [9.17, 15) is 22.8 Å². The molecule has 0 spiro atoms. The number of halogens is 3. The SMILES string of the molecule is CC(NC(=O)C1CC1)C(=O)N1C2CC[C@@H]1CC([C@H](N)Cc1cc(F)c(F)cc1F)C2. The van der Waals surface area contributed by atoms with E-state index in [1.165, 1.54) is 0 Å². The zero-order valence-corrected chi connectivity index (χ0v) is 17.0. The number of hydrogen-bond donors (Lipinski definition) is 2. The molecule has 2 bridgehead atoms. The first kappa shape index (κ1) is 21.2. The molecule has 0 aromatic heterocycles. The minimum atomic E-state index is -1.21. The topological polar surface area (TPSA) is 75.4 Å². The standard InChI is InChI=1S/C22H28F3N3O2/c1-11(27-21(29)12-2-3-12)22(30)28-15-4-5-16(28)7-14(6-15)20(26)9-13-8-18(24)19(25)10-17(13)23/h8,10-12,14-16,20H,2-7,9,26H2,1H3,(H,27,29)/t11?,14?,15-,16?,20-/m1/s1. The average Bonchev–Trinajstić information content (AvgIpc) is 3.51. The second kappa shape index (κ2) is 8.21. The molecule has 2 amide bonds. The molecule has 3 unspecified atom stereocenters. The van der Waals surface area contributed by atoms with Crippen LogP contribution in [0.3, 0.4) is 0 Å². The van der Waals surface area contributed by atoms with Gasteiger partial charge in [0.1, 0.15) is 11.9 Å². The normalized spacial score (nSPS) is 27.6. The van der Waals surface area contributed by atoms with Crippen LogP contribution in [-0.4, -0.2) is 40.9 Å². The zero-order valence-electron chi connectivity index (χ0n) is 17.0. The Balaban J connectivity index is 1.38. The molecule has 1 aromatic rings. The van der Waals surface area contributed by atoms with Crippen molar-refractivity contribution in [2.75, 3.05) is 0 Å². The highest BCUT2D eigenvalue weighted by atomic mass is 19.2. The Labute approximate surface area is 174 Å². The number of rotatable bonds is 6. The molecule has 5 atom stereocenters. The Morgan fingerprint density at radius 2 is 1.67 bits per heavy atom. The molecule has 2 aliphatic heterocycles. The highest BCUT2D eigenvalue weighted by Gasteiger charge is 2.46. The fourth-order valence-electron chi connectivity index (χ4n) is 5.03. The van der Waals surface area contributed by atoms with Crippen molar-refractivity contribution < 1.29 is 22.8 Å². The lowest BCUT2D eigenvalue weighted by atomic mass is 9.82. The predicted octanol–water partition coefficient (Wildman–Crippen LogP) is 2.66. The van der Waals surface area contributed by atoms with Crippen LogP contribution in [-0.2, 0) is 16.0 Å². The molecule has 4 rings (SSSR count). The first-order valence-corrected chi connectivity index (χ1v) is 10.8. The summed E-state index contributed by atoms with van der Waals surface area (Å²) in [6, 6.07) is 0.561. The number of nitrogens with two attached hydrogens (primary N) is 1. The molecule has 1 aliphatic carbocycles. The maximum absolute atomic E-state index is 14.0. The Bertz CT molecular complexity index is 831. The maximum Gasteiger partial charge on any atom is 0.245 e. The van der Waals surface area contributed by atoms with E-state index in [1.807, 2.05) is 4.90 Å². The van der Waals surface area contributed by atoms with Crippen molar-refractivity contribution in [2.45, 2.75) is 76.0 Å². The quantitative estimate of drug-likeness (QED) is 0.691. The summed E-state index contributed by atoms with van der Waals surface area (Å²) in [7, 11) is 0. The van der Waals surface area contributed by atoms with E-state index in [0.717, 1.165) is 31.7 Å². The number of hydrogen-bond acceptors (Lipinski definition) is 3. The lowest BCUT2D eigenvalue weighted by Gasteiger charge is -2.42. The zero-order chi connectivity index (χ0) is 21.6. The van der Waals surface area contributed by atoms with Crippen LogP contribution in [0.5, 0.6) is 0 Å². The molecule has 0 radical (unpaired) electrons. The molecule has 3 N–H and O–H groups in total. The Hall–Kier alpha value is -2.09. The summed E-state index contributed by atoms with van der Waals surface area (Å²) in [4.78, 5) is 26.9. The van der Waals surface area contributed by atoms with Crippen molar-refractivity contribution in [3.8, 4) is 0 Å². The van der Waals surface area contributed by atoms with E-state index in [2.05, 4.69) is 5.32 Å². The van der Waals surface area contributed by atoms with Crippen LogP contribution in [0.15, 0.2) is 12.1 Å². The van der Waals surface area contributed by atoms with Gasteiger partial charge in [0.2, 0.25) is 11.8 Å². The maximum atomic E-state index is 14.0. The first-order valence-electron chi connectivity index (χ1n) is 10.8. The smallest absolute Gasteiger partial charge is 0.245 e. The molecule has 8 heteroatoms. The molecule has 2 saturated heterocycles. The van der Waals surface area contributed by atoms with Gasteiger partial charge in [-0.25, -0.2) is 13.2 Å². The van der Waals surface area contributed by atoms with E-state index in [-0.39, 0.29) is 47.7 Å². The van der Waals surface area contributed by atoms with Gasteiger partial charge in [0.05, 0.1) is 0 Å². The summed E-state index contributed by atoms with van der Waals surface area (Å²) < 4.78 is 40.6. The average molecular weight is 423 g/mol. The van der Waals surface area contributed by atoms with Gasteiger partial charge in [-0.15, -0.1) is 0 Å². The van der Waals surface area contributed by atoms with Gasteiger partial charge in [-0.3, -0.25) is 9.59 Å². The molecule has 5 nitrogen and oxygen atoms in total.